The van der Waals surface area contributed by atoms with Crippen LogP contribution in [-0.2, 0) is 14.9 Å². The number of benzene rings is 1. The Morgan fingerprint density at radius 2 is 2.17 bits per heavy atom. The van der Waals surface area contributed by atoms with Gasteiger partial charge in [-0.25, -0.2) is 9.18 Å². The molecule has 1 aliphatic rings. The number of nitrogens with zero attached hydrogens (tertiary/aromatic N) is 2. The molecule has 1 aromatic rings. The van der Waals surface area contributed by atoms with Gasteiger partial charge in [0.2, 0.25) is 0 Å². The monoisotopic (exact) mass is 478 g/mol. The van der Waals surface area contributed by atoms with Crippen LogP contribution in [0.4, 0.5) is 14.9 Å². The second-order valence-electron chi connectivity index (χ2n) is 4.64. The summed E-state index contributed by atoms with van der Waals surface area (Å²) in [6.45, 7) is 2.32. The molecule has 1 amide bonds. The average Bonchev–Trinajstić information content (AvgIpc) is 2.42. The van der Waals surface area contributed by atoms with Crippen LogP contribution in [0.25, 0.3) is 0 Å². The van der Waals surface area contributed by atoms with Gasteiger partial charge in [0.1, 0.15) is 5.82 Å². The van der Waals surface area contributed by atoms with Crippen molar-refractivity contribution in [2.45, 2.75) is 13.0 Å². The van der Waals surface area contributed by atoms with Crippen LogP contribution in [-0.4, -0.2) is 49.7 Å². The van der Waals surface area contributed by atoms with E-state index < -0.39 is 22.1 Å². The molecule has 0 bridgehead atoms. The average molecular weight is 479 g/mol. The molecule has 0 atom stereocenters. The van der Waals surface area contributed by atoms with Gasteiger partial charge in [0.15, 0.2) is 0 Å². The fourth-order valence-electron chi connectivity index (χ4n) is 2.04. The first-order valence-corrected chi connectivity index (χ1v) is 9.34. The standard InChI is InChI=1S/C12H13ClFIN2O5S/c1-2-22-7-5-16(6-7)23(20,21)17(12(18)19)9-4-3-8(14)11(15)10(9)13/h3-4,7H,2,5-6H2,1H3,(H,18,19). The molecule has 2 rings (SSSR count). The lowest BCUT2D eigenvalue weighted by Crippen LogP contribution is -2.59. The third-order valence-corrected chi connectivity index (χ3v) is 6.70. The molecular formula is C12H13ClFIN2O5S. The molecule has 0 unspecified atom stereocenters. The lowest BCUT2D eigenvalue weighted by atomic mass is 10.2. The van der Waals surface area contributed by atoms with Gasteiger partial charge in [0, 0.05) is 19.7 Å². The normalized spacial score (nSPS) is 16.2. The van der Waals surface area contributed by atoms with Crippen molar-refractivity contribution in [3.8, 4) is 0 Å². The lowest BCUT2D eigenvalue weighted by molar-refractivity contribution is -0.0136. The van der Waals surface area contributed by atoms with E-state index >= 15 is 0 Å². The summed E-state index contributed by atoms with van der Waals surface area (Å²) < 4.78 is 44.8. The number of rotatable bonds is 5. The zero-order valence-corrected chi connectivity index (χ0v) is 15.6. The molecule has 1 N–H and O–H groups in total. The lowest BCUT2D eigenvalue weighted by Gasteiger charge is -2.39. The Hall–Kier alpha value is -0.690. The second kappa shape index (κ2) is 7.05. The summed E-state index contributed by atoms with van der Waals surface area (Å²) in [5, 5.41) is 9.04. The number of halogens is 3. The third kappa shape index (κ3) is 3.55. The number of carboxylic acid groups (broad SMARTS) is 1. The van der Waals surface area contributed by atoms with E-state index in [1.165, 1.54) is 0 Å². The van der Waals surface area contributed by atoms with Crippen LogP contribution < -0.4 is 4.31 Å². The molecule has 1 heterocycles. The minimum atomic E-state index is -4.34. The molecule has 7 nitrogen and oxygen atoms in total. The van der Waals surface area contributed by atoms with E-state index in [-0.39, 0.29) is 37.8 Å². The van der Waals surface area contributed by atoms with Crippen molar-refractivity contribution in [3.05, 3.63) is 26.5 Å². The highest BCUT2D eigenvalue weighted by atomic mass is 127. The number of anilines is 1. The van der Waals surface area contributed by atoms with Crippen LogP contribution in [0.1, 0.15) is 6.92 Å². The maximum absolute atomic E-state index is 13.5. The van der Waals surface area contributed by atoms with Crippen molar-refractivity contribution >= 4 is 56.2 Å². The fraction of sp³-hybridized carbons (Fsp3) is 0.417. The molecule has 1 fully saturated rings. The van der Waals surface area contributed by atoms with Crippen molar-refractivity contribution in [1.82, 2.24) is 4.31 Å². The summed E-state index contributed by atoms with van der Waals surface area (Å²) in [5.41, 5.74) is -0.315. The van der Waals surface area contributed by atoms with E-state index in [4.69, 9.17) is 16.3 Å². The van der Waals surface area contributed by atoms with E-state index in [9.17, 15) is 22.7 Å². The molecule has 128 valence electrons. The molecule has 0 spiro atoms. The summed E-state index contributed by atoms with van der Waals surface area (Å²) in [5.74, 6) is -0.664. The van der Waals surface area contributed by atoms with Crippen LogP contribution in [0, 0.1) is 9.39 Å². The molecule has 0 radical (unpaired) electrons. The smallest absolute Gasteiger partial charge is 0.426 e. The minimum Gasteiger partial charge on any atom is -0.464 e. The SMILES string of the molecule is CCOC1CN(S(=O)(=O)N(C(=O)O)c2ccc(F)c(I)c2Cl)C1. The summed E-state index contributed by atoms with van der Waals surface area (Å²) >= 11 is 7.51. The van der Waals surface area contributed by atoms with Gasteiger partial charge in [-0.3, -0.25) is 0 Å². The Morgan fingerprint density at radius 3 is 2.70 bits per heavy atom. The van der Waals surface area contributed by atoms with Gasteiger partial charge < -0.3 is 9.84 Å². The van der Waals surface area contributed by atoms with Gasteiger partial charge in [-0.2, -0.15) is 17.0 Å². The summed E-state index contributed by atoms with van der Waals surface area (Å²) in [6.07, 6.45) is -2.00. The van der Waals surface area contributed by atoms with Crippen LogP contribution >= 0.6 is 34.2 Å². The Balaban J connectivity index is 2.37. The van der Waals surface area contributed by atoms with E-state index in [0.717, 1.165) is 16.4 Å². The van der Waals surface area contributed by atoms with E-state index in [1.807, 2.05) is 0 Å². The van der Waals surface area contributed by atoms with Crippen molar-refractivity contribution in [1.29, 1.82) is 0 Å². The molecule has 23 heavy (non-hydrogen) atoms. The maximum Gasteiger partial charge on any atom is 0.426 e. The van der Waals surface area contributed by atoms with E-state index in [2.05, 4.69) is 0 Å². The quantitative estimate of drug-likeness (QED) is 0.519. The predicted molar refractivity (Wildman–Crippen MR) is 90.5 cm³/mol. The summed E-state index contributed by atoms with van der Waals surface area (Å²) in [7, 11) is -4.34. The van der Waals surface area contributed by atoms with Crippen LogP contribution in [0.3, 0.4) is 0 Å². The largest absolute Gasteiger partial charge is 0.464 e. The predicted octanol–water partition coefficient (Wildman–Crippen LogP) is 2.53. The van der Waals surface area contributed by atoms with Crippen molar-refractivity contribution in [2.24, 2.45) is 0 Å². The molecule has 0 aliphatic carbocycles. The second-order valence-corrected chi connectivity index (χ2v) is 7.88. The topological polar surface area (TPSA) is 87.2 Å². The molecule has 1 aliphatic heterocycles. The first-order valence-electron chi connectivity index (χ1n) is 6.48. The van der Waals surface area contributed by atoms with Crippen molar-refractivity contribution in [3.63, 3.8) is 0 Å². The number of amides is 1. The molecule has 0 aromatic heterocycles. The Morgan fingerprint density at radius 1 is 1.57 bits per heavy atom. The number of ether oxygens (including phenoxy) is 1. The fourth-order valence-corrected chi connectivity index (χ4v) is 4.33. The zero-order valence-electron chi connectivity index (χ0n) is 11.9. The van der Waals surface area contributed by atoms with Gasteiger partial charge in [-0.05, 0) is 41.6 Å². The highest BCUT2D eigenvalue weighted by molar-refractivity contribution is 14.1. The summed E-state index contributed by atoms with van der Waals surface area (Å²) in [6, 6.07) is 1.98. The minimum absolute atomic E-state index is 0.0514. The molecular weight excluding hydrogens is 466 g/mol. The molecule has 11 heteroatoms. The van der Waals surface area contributed by atoms with Crippen LogP contribution in [0.5, 0.6) is 0 Å². The molecule has 0 saturated carbocycles. The number of hydrogen-bond acceptors (Lipinski definition) is 4. The first kappa shape index (κ1) is 18.6. The van der Waals surface area contributed by atoms with Gasteiger partial charge in [0.05, 0.1) is 20.4 Å². The highest BCUT2D eigenvalue weighted by Gasteiger charge is 2.43. The Labute approximate surface area is 151 Å². The number of hydrogen-bond donors (Lipinski definition) is 1. The molecule has 1 saturated heterocycles. The molecule has 1 aromatic carbocycles. The highest BCUT2D eigenvalue weighted by Crippen LogP contribution is 2.35. The number of carbonyl (C=O) groups is 1. The maximum atomic E-state index is 13.5. The van der Waals surface area contributed by atoms with Crippen LogP contribution in [0.2, 0.25) is 5.02 Å². The first-order chi connectivity index (χ1) is 10.7. The van der Waals surface area contributed by atoms with Crippen molar-refractivity contribution in [2.75, 3.05) is 24.0 Å². The summed E-state index contributed by atoms with van der Waals surface area (Å²) in [4.78, 5) is 11.5. The van der Waals surface area contributed by atoms with Gasteiger partial charge in [-0.1, -0.05) is 11.6 Å². The van der Waals surface area contributed by atoms with E-state index in [0.29, 0.717) is 6.61 Å². The van der Waals surface area contributed by atoms with Crippen LogP contribution in [0.15, 0.2) is 12.1 Å². The van der Waals surface area contributed by atoms with Gasteiger partial charge in [0.25, 0.3) is 0 Å². The van der Waals surface area contributed by atoms with Gasteiger partial charge >= 0.3 is 16.3 Å². The van der Waals surface area contributed by atoms with Crippen molar-refractivity contribution < 1.29 is 27.4 Å². The third-order valence-electron chi connectivity index (χ3n) is 3.18. The Bertz CT molecular complexity index is 726. The van der Waals surface area contributed by atoms with E-state index in [1.54, 1.807) is 29.5 Å². The van der Waals surface area contributed by atoms with Gasteiger partial charge in [-0.15, -0.1) is 0 Å². The Kier molecular flexibility index (Phi) is 5.72. The zero-order chi connectivity index (χ0) is 17.4.